The van der Waals surface area contributed by atoms with E-state index in [1.165, 1.54) is 0 Å². The molecule has 7 heteroatoms. The van der Waals surface area contributed by atoms with Gasteiger partial charge in [0.05, 0.1) is 0 Å². The van der Waals surface area contributed by atoms with Gasteiger partial charge in [-0.2, -0.15) is 4.99 Å². The molecule has 2 aliphatic rings. The molecule has 1 amide bonds. The maximum Gasteiger partial charge on any atom is 0.275 e. The van der Waals surface area contributed by atoms with Gasteiger partial charge in [-0.15, -0.1) is 0 Å². The van der Waals surface area contributed by atoms with Gasteiger partial charge in [0.25, 0.3) is 5.91 Å². The van der Waals surface area contributed by atoms with Crippen LogP contribution >= 0.6 is 23.4 Å². The summed E-state index contributed by atoms with van der Waals surface area (Å²) in [4.78, 5) is 20.6. The predicted octanol–water partition coefficient (Wildman–Crippen LogP) is 2.06. The molecule has 2 heterocycles. The van der Waals surface area contributed by atoms with E-state index in [0.29, 0.717) is 5.02 Å². The lowest BCUT2D eigenvalue weighted by molar-refractivity contribution is -0.126. The quantitative estimate of drug-likeness (QED) is 0.851. The SMILES string of the molecule is COC1C(N(C)c2ccc(Cl)cc2)C(=O)N=C2SCCN21. The maximum atomic E-state index is 12.4. The number of hydrogen-bond acceptors (Lipinski definition) is 5. The van der Waals surface area contributed by atoms with Crippen molar-refractivity contribution in [2.24, 2.45) is 4.99 Å². The van der Waals surface area contributed by atoms with Gasteiger partial charge in [0.1, 0.15) is 0 Å². The third-order valence-corrected chi connectivity index (χ3v) is 4.96. The number of amidine groups is 1. The first-order chi connectivity index (χ1) is 10.1. The number of thioether (sulfide) groups is 1. The highest BCUT2D eigenvalue weighted by Gasteiger charge is 2.43. The molecule has 0 saturated carbocycles. The molecule has 0 aliphatic carbocycles. The summed E-state index contributed by atoms with van der Waals surface area (Å²) < 4.78 is 5.60. The Hall–Kier alpha value is -1.24. The standard InChI is InChI=1S/C14H16ClN3O2S/c1-17(10-5-3-9(15)4-6-10)11-12(19)16-14-18(7-8-21-14)13(11)20-2/h3-6,11,13H,7-8H2,1-2H3. The number of carbonyl (C=O) groups is 1. The molecule has 0 aromatic heterocycles. The number of anilines is 1. The summed E-state index contributed by atoms with van der Waals surface area (Å²) in [6, 6.07) is 6.94. The Morgan fingerprint density at radius 1 is 1.43 bits per heavy atom. The summed E-state index contributed by atoms with van der Waals surface area (Å²) in [5.41, 5.74) is 0.908. The molecular weight excluding hydrogens is 310 g/mol. The van der Waals surface area contributed by atoms with Crippen molar-refractivity contribution in [2.45, 2.75) is 12.3 Å². The fraction of sp³-hybridized carbons (Fsp3) is 0.429. The molecule has 1 fully saturated rings. The molecule has 2 aliphatic heterocycles. The molecule has 0 bridgehead atoms. The number of aliphatic imine (C=N–C) groups is 1. The fourth-order valence-electron chi connectivity index (χ4n) is 2.65. The number of amides is 1. The zero-order valence-electron chi connectivity index (χ0n) is 11.8. The van der Waals surface area contributed by atoms with E-state index in [2.05, 4.69) is 9.89 Å². The van der Waals surface area contributed by atoms with Crippen molar-refractivity contribution in [3.8, 4) is 0 Å². The normalized spacial score (nSPS) is 24.8. The minimum absolute atomic E-state index is 0.167. The van der Waals surface area contributed by atoms with Gasteiger partial charge in [-0.25, -0.2) is 0 Å². The average Bonchev–Trinajstić information content (AvgIpc) is 2.93. The smallest absolute Gasteiger partial charge is 0.275 e. The summed E-state index contributed by atoms with van der Waals surface area (Å²) in [6.07, 6.45) is -0.319. The third kappa shape index (κ3) is 2.63. The van der Waals surface area contributed by atoms with Crippen LogP contribution in [0.4, 0.5) is 5.69 Å². The van der Waals surface area contributed by atoms with Crippen LogP contribution in [0.5, 0.6) is 0 Å². The lowest BCUT2D eigenvalue weighted by Crippen LogP contribution is -2.58. The van der Waals surface area contributed by atoms with Gasteiger partial charge >= 0.3 is 0 Å². The zero-order chi connectivity index (χ0) is 15.0. The first-order valence-electron chi connectivity index (χ1n) is 6.65. The maximum absolute atomic E-state index is 12.4. The minimum atomic E-state index is -0.460. The Kier molecular flexibility index (Phi) is 4.10. The van der Waals surface area contributed by atoms with E-state index in [-0.39, 0.29) is 12.1 Å². The van der Waals surface area contributed by atoms with E-state index < -0.39 is 6.04 Å². The monoisotopic (exact) mass is 325 g/mol. The molecule has 2 unspecified atom stereocenters. The topological polar surface area (TPSA) is 45.1 Å². The van der Waals surface area contributed by atoms with E-state index in [1.807, 2.05) is 36.2 Å². The molecule has 1 aromatic rings. The van der Waals surface area contributed by atoms with Crippen LogP contribution in [0, 0.1) is 0 Å². The van der Waals surface area contributed by atoms with Crippen LogP contribution in [0.25, 0.3) is 0 Å². The average molecular weight is 326 g/mol. The molecule has 2 atom stereocenters. The number of rotatable bonds is 3. The second kappa shape index (κ2) is 5.87. The number of ether oxygens (including phenoxy) is 1. The van der Waals surface area contributed by atoms with E-state index >= 15 is 0 Å². The van der Waals surface area contributed by atoms with Crippen LogP contribution in [0.15, 0.2) is 29.3 Å². The van der Waals surface area contributed by atoms with Crippen LogP contribution in [-0.4, -0.2) is 54.7 Å². The second-order valence-electron chi connectivity index (χ2n) is 4.93. The summed E-state index contributed by atoms with van der Waals surface area (Å²) in [5, 5.41) is 1.44. The van der Waals surface area contributed by atoms with Gasteiger partial charge in [-0.05, 0) is 24.3 Å². The summed E-state index contributed by atoms with van der Waals surface area (Å²) in [5.74, 6) is 0.767. The number of hydrogen-bond donors (Lipinski definition) is 0. The van der Waals surface area contributed by atoms with E-state index in [4.69, 9.17) is 16.3 Å². The van der Waals surface area contributed by atoms with Crippen molar-refractivity contribution in [3.63, 3.8) is 0 Å². The number of methoxy groups -OCH3 is 1. The molecular formula is C14H16ClN3O2S. The molecule has 1 saturated heterocycles. The summed E-state index contributed by atoms with van der Waals surface area (Å²) in [6.45, 7) is 0.847. The van der Waals surface area contributed by atoms with E-state index in [9.17, 15) is 4.79 Å². The van der Waals surface area contributed by atoms with E-state index in [1.54, 1.807) is 18.9 Å². The lowest BCUT2D eigenvalue weighted by atomic mass is 10.1. The van der Waals surface area contributed by atoms with E-state index in [0.717, 1.165) is 23.2 Å². The Morgan fingerprint density at radius 3 is 2.81 bits per heavy atom. The minimum Gasteiger partial charge on any atom is -0.359 e. The largest absolute Gasteiger partial charge is 0.359 e. The first kappa shape index (κ1) is 14.7. The molecule has 0 N–H and O–H groups in total. The third-order valence-electron chi connectivity index (χ3n) is 3.74. The highest BCUT2D eigenvalue weighted by molar-refractivity contribution is 8.14. The number of fused-ring (bicyclic) bond motifs is 1. The van der Waals surface area contributed by atoms with Crippen LogP contribution in [0.2, 0.25) is 5.02 Å². The van der Waals surface area contributed by atoms with Crippen LogP contribution < -0.4 is 4.90 Å². The van der Waals surface area contributed by atoms with Gasteiger partial charge in [-0.3, -0.25) is 4.79 Å². The van der Waals surface area contributed by atoms with Crippen LogP contribution in [0.3, 0.4) is 0 Å². The number of halogens is 1. The van der Waals surface area contributed by atoms with Crippen molar-refractivity contribution >= 4 is 40.1 Å². The second-order valence-corrected chi connectivity index (χ2v) is 6.43. The fourth-order valence-corrected chi connectivity index (χ4v) is 3.76. The van der Waals surface area contributed by atoms with Crippen molar-refractivity contribution in [3.05, 3.63) is 29.3 Å². The van der Waals surface area contributed by atoms with Gasteiger partial charge in [0.2, 0.25) is 0 Å². The molecule has 0 spiro atoms. The van der Waals surface area contributed by atoms with Gasteiger partial charge in [0, 0.05) is 37.2 Å². The van der Waals surface area contributed by atoms with Crippen LogP contribution in [-0.2, 0) is 9.53 Å². The summed E-state index contributed by atoms with van der Waals surface area (Å²) in [7, 11) is 3.51. The Balaban J connectivity index is 1.92. The van der Waals surface area contributed by atoms with Crippen molar-refractivity contribution < 1.29 is 9.53 Å². The van der Waals surface area contributed by atoms with Gasteiger partial charge < -0.3 is 14.5 Å². The molecule has 112 valence electrons. The first-order valence-corrected chi connectivity index (χ1v) is 8.01. The number of nitrogens with zero attached hydrogens (tertiary/aromatic N) is 3. The van der Waals surface area contributed by atoms with Crippen LogP contribution in [0.1, 0.15) is 0 Å². The molecule has 21 heavy (non-hydrogen) atoms. The molecule has 0 radical (unpaired) electrons. The molecule has 1 aromatic carbocycles. The Morgan fingerprint density at radius 2 is 2.14 bits per heavy atom. The number of carbonyl (C=O) groups excluding carboxylic acids is 1. The number of benzene rings is 1. The highest BCUT2D eigenvalue weighted by Crippen LogP contribution is 2.30. The van der Waals surface area contributed by atoms with Crippen molar-refractivity contribution in [2.75, 3.05) is 31.4 Å². The van der Waals surface area contributed by atoms with Crippen molar-refractivity contribution in [1.29, 1.82) is 0 Å². The van der Waals surface area contributed by atoms with Gasteiger partial charge in [0.15, 0.2) is 17.4 Å². The number of likely N-dealkylation sites (N-methyl/N-ethyl adjacent to an activating group) is 1. The zero-order valence-corrected chi connectivity index (χ0v) is 13.4. The van der Waals surface area contributed by atoms with Gasteiger partial charge in [-0.1, -0.05) is 23.4 Å². The van der Waals surface area contributed by atoms with Crippen molar-refractivity contribution in [1.82, 2.24) is 4.90 Å². The highest BCUT2D eigenvalue weighted by atomic mass is 35.5. The Bertz CT molecular complexity index is 578. The molecule has 5 nitrogen and oxygen atoms in total. The Labute approximate surface area is 132 Å². The lowest BCUT2D eigenvalue weighted by Gasteiger charge is -2.40. The summed E-state index contributed by atoms with van der Waals surface area (Å²) >= 11 is 7.52. The molecule has 3 rings (SSSR count). The predicted molar refractivity (Wildman–Crippen MR) is 86.0 cm³/mol.